The Morgan fingerprint density at radius 2 is 1.97 bits per heavy atom. The summed E-state index contributed by atoms with van der Waals surface area (Å²) in [4.78, 5) is 3.02. The van der Waals surface area contributed by atoms with Crippen molar-refractivity contribution in [3.8, 4) is 0 Å². The molecule has 0 amide bonds. The Bertz CT molecular complexity index is 1410. The summed E-state index contributed by atoms with van der Waals surface area (Å²) in [6.45, 7) is 7.91. The van der Waals surface area contributed by atoms with E-state index in [9.17, 15) is 8.42 Å². The van der Waals surface area contributed by atoms with Crippen LogP contribution >= 0.6 is 0 Å². The molecule has 8 heteroatoms. The lowest BCUT2D eigenvalue weighted by molar-refractivity contribution is 0.176. The van der Waals surface area contributed by atoms with E-state index in [1.54, 1.807) is 10.6 Å². The van der Waals surface area contributed by atoms with Gasteiger partial charge in [-0.3, -0.25) is 9.21 Å². The fraction of sp³-hybridized carbons (Fsp3) is 0.517. The Kier molecular flexibility index (Phi) is 6.35. The van der Waals surface area contributed by atoms with Gasteiger partial charge in [0, 0.05) is 26.6 Å². The monoisotopic (exact) mass is 519 g/mol. The van der Waals surface area contributed by atoms with Crippen LogP contribution in [0.3, 0.4) is 0 Å². The SMILES string of the molecule is CC(Cc1nncn1C)c1cccc(N2Cc3c(C4CC4)cc(CN4CCC[C@H](C)C4)cc3S2(=O)=O)c1. The van der Waals surface area contributed by atoms with Crippen molar-refractivity contribution in [2.75, 3.05) is 17.4 Å². The van der Waals surface area contributed by atoms with Crippen LogP contribution < -0.4 is 4.31 Å². The van der Waals surface area contributed by atoms with Gasteiger partial charge < -0.3 is 4.57 Å². The van der Waals surface area contributed by atoms with Crippen molar-refractivity contribution in [1.29, 1.82) is 0 Å². The van der Waals surface area contributed by atoms with Crippen molar-refractivity contribution in [2.45, 2.75) is 75.8 Å². The zero-order valence-electron chi connectivity index (χ0n) is 22.1. The molecule has 3 heterocycles. The highest BCUT2D eigenvalue weighted by Gasteiger charge is 2.40. The number of rotatable bonds is 7. The van der Waals surface area contributed by atoms with Gasteiger partial charge in [-0.2, -0.15) is 0 Å². The van der Waals surface area contributed by atoms with Crippen LogP contribution in [0.25, 0.3) is 0 Å². The van der Waals surface area contributed by atoms with Gasteiger partial charge in [0.05, 0.1) is 17.1 Å². The molecule has 0 radical (unpaired) electrons. The van der Waals surface area contributed by atoms with Gasteiger partial charge in [-0.15, -0.1) is 10.2 Å². The first-order valence-corrected chi connectivity index (χ1v) is 15.1. The average Bonchev–Trinajstić information content (AvgIpc) is 3.59. The van der Waals surface area contributed by atoms with Crippen molar-refractivity contribution >= 4 is 15.7 Å². The van der Waals surface area contributed by atoms with E-state index in [1.165, 1.54) is 18.4 Å². The second-order valence-corrected chi connectivity index (χ2v) is 13.3. The number of anilines is 1. The Hall–Kier alpha value is -2.71. The van der Waals surface area contributed by atoms with Gasteiger partial charge in [0.2, 0.25) is 0 Å². The minimum Gasteiger partial charge on any atom is -0.321 e. The lowest BCUT2D eigenvalue weighted by Crippen LogP contribution is -2.33. The Morgan fingerprint density at radius 3 is 2.70 bits per heavy atom. The molecule has 0 N–H and O–H groups in total. The zero-order chi connectivity index (χ0) is 25.7. The lowest BCUT2D eigenvalue weighted by atomic mass is 9.96. The summed E-state index contributed by atoms with van der Waals surface area (Å²) in [6.07, 6.45) is 7.28. The fourth-order valence-corrected chi connectivity index (χ4v) is 7.83. The molecule has 1 aromatic heterocycles. The predicted octanol–water partition coefficient (Wildman–Crippen LogP) is 4.98. The maximum atomic E-state index is 13.9. The number of sulfonamides is 1. The molecule has 2 aliphatic heterocycles. The Morgan fingerprint density at radius 1 is 1.14 bits per heavy atom. The van der Waals surface area contributed by atoms with Crippen LogP contribution in [0.5, 0.6) is 0 Å². The molecule has 1 unspecified atom stereocenters. The van der Waals surface area contributed by atoms with Crippen LogP contribution in [0.4, 0.5) is 5.69 Å². The molecule has 6 rings (SSSR count). The largest absolute Gasteiger partial charge is 0.321 e. The summed E-state index contributed by atoms with van der Waals surface area (Å²) in [6, 6.07) is 12.3. The maximum Gasteiger partial charge on any atom is 0.264 e. The van der Waals surface area contributed by atoms with E-state index in [4.69, 9.17) is 0 Å². The highest BCUT2D eigenvalue weighted by molar-refractivity contribution is 7.93. The Balaban J connectivity index is 1.30. The van der Waals surface area contributed by atoms with Crippen LogP contribution in [0, 0.1) is 5.92 Å². The number of aromatic nitrogens is 3. The topological polar surface area (TPSA) is 71.3 Å². The molecule has 37 heavy (non-hydrogen) atoms. The van der Waals surface area contributed by atoms with Crippen molar-refractivity contribution < 1.29 is 8.42 Å². The van der Waals surface area contributed by atoms with Crippen LogP contribution in [0.1, 0.15) is 79.4 Å². The summed E-state index contributed by atoms with van der Waals surface area (Å²) in [5, 5.41) is 8.21. The van der Waals surface area contributed by atoms with Gasteiger partial charge in [0.1, 0.15) is 12.2 Å². The maximum absolute atomic E-state index is 13.9. The fourth-order valence-electron chi connectivity index (χ4n) is 6.11. The van der Waals surface area contributed by atoms with E-state index in [2.05, 4.69) is 41.1 Å². The first-order chi connectivity index (χ1) is 17.8. The second-order valence-electron chi connectivity index (χ2n) is 11.5. The van der Waals surface area contributed by atoms with Gasteiger partial charge in [-0.1, -0.05) is 32.0 Å². The zero-order valence-corrected chi connectivity index (χ0v) is 22.9. The van der Waals surface area contributed by atoms with Crippen molar-refractivity contribution in [2.24, 2.45) is 13.0 Å². The van der Waals surface area contributed by atoms with Gasteiger partial charge in [-0.05, 0) is 90.4 Å². The highest BCUT2D eigenvalue weighted by atomic mass is 32.2. The van der Waals surface area contributed by atoms with Gasteiger partial charge >= 0.3 is 0 Å². The quantitative estimate of drug-likeness (QED) is 0.440. The highest BCUT2D eigenvalue weighted by Crippen LogP contribution is 2.47. The van der Waals surface area contributed by atoms with Crippen molar-refractivity contribution in [3.63, 3.8) is 0 Å². The molecular weight excluding hydrogens is 482 g/mol. The third-order valence-corrected chi connectivity index (χ3v) is 10.2. The average molecular weight is 520 g/mol. The van der Waals surface area contributed by atoms with Crippen LogP contribution in [0.2, 0.25) is 0 Å². The molecule has 1 saturated carbocycles. The van der Waals surface area contributed by atoms with Crippen LogP contribution in [-0.4, -0.2) is 41.2 Å². The Labute approximate surface area is 220 Å². The molecular formula is C29H37N5O2S. The molecule has 196 valence electrons. The van der Waals surface area contributed by atoms with E-state index in [-0.39, 0.29) is 5.92 Å². The minimum absolute atomic E-state index is 0.191. The lowest BCUT2D eigenvalue weighted by Gasteiger charge is -2.31. The van der Waals surface area contributed by atoms with Gasteiger partial charge in [-0.25, -0.2) is 8.42 Å². The minimum atomic E-state index is -3.61. The first-order valence-electron chi connectivity index (χ1n) is 13.6. The summed E-state index contributed by atoms with van der Waals surface area (Å²) < 4.78 is 31.5. The molecule has 0 spiro atoms. The number of hydrogen-bond donors (Lipinski definition) is 0. The molecule has 2 fully saturated rings. The standard InChI is InChI=1S/C29H37N5O2S/c1-20-6-5-11-33(16-20)17-22-13-26(23-9-10-23)27-18-34(37(35,36)28(27)14-22)25-8-4-7-24(15-25)21(2)12-29-31-30-19-32(29)3/h4,7-8,13-15,19-21,23H,5-6,9-12,16-18H2,1-3H3/t20-,21?/m0/s1. The summed E-state index contributed by atoms with van der Waals surface area (Å²) in [5.41, 5.74) is 5.26. The first kappa shape index (κ1) is 24.6. The van der Waals surface area contributed by atoms with E-state index >= 15 is 0 Å². The van der Waals surface area contributed by atoms with Crippen molar-refractivity contribution in [1.82, 2.24) is 19.7 Å². The van der Waals surface area contributed by atoms with E-state index < -0.39 is 10.0 Å². The van der Waals surface area contributed by atoms with Crippen LogP contribution in [-0.2, 0) is 36.6 Å². The molecule has 3 aromatic rings. The van der Waals surface area contributed by atoms with Gasteiger partial charge in [0.15, 0.2) is 0 Å². The molecule has 2 atom stereocenters. The number of benzene rings is 2. The second kappa shape index (κ2) is 9.55. The number of likely N-dealkylation sites (tertiary alicyclic amines) is 1. The molecule has 0 bridgehead atoms. The molecule has 1 aliphatic carbocycles. The number of hydrogen-bond acceptors (Lipinski definition) is 5. The smallest absolute Gasteiger partial charge is 0.264 e. The number of fused-ring (bicyclic) bond motifs is 1. The van der Waals surface area contributed by atoms with Gasteiger partial charge in [0.25, 0.3) is 10.0 Å². The summed E-state index contributed by atoms with van der Waals surface area (Å²) in [5.74, 6) is 2.32. The molecule has 7 nitrogen and oxygen atoms in total. The van der Waals surface area contributed by atoms with E-state index in [0.29, 0.717) is 23.3 Å². The van der Waals surface area contributed by atoms with Crippen LogP contribution in [0.15, 0.2) is 47.6 Å². The third-order valence-electron chi connectivity index (χ3n) is 8.36. The third kappa shape index (κ3) is 4.81. The number of aryl methyl sites for hydroxylation is 1. The predicted molar refractivity (Wildman–Crippen MR) is 145 cm³/mol. The summed E-state index contributed by atoms with van der Waals surface area (Å²) in [7, 11) is -1.66. The molecule has 2 aromatic carbocycles. The van der Waals surface area contributed by atoms with E-state index in [0.717, 1.165) is 67.1 Å². The number of piperidine rings is 1. The normalized spacial score (nSPS) is 22.2. The number of nitrogens with zero attached hydrogens (tertiary/aromatic N) is 5. The molecule has 3 aliphatic rings. The summed E-state index contributed by atoms with van der Waals surface area (Å²) >= 11 is 0. The van der Waals surface area contributed by atoms with Crippen molar-refractivity contribution in [3.05, 3.63) is 70.8 Å². The van der Waals surface area contributed by atoms with E-state index in [1.807, 2.05) is 35.9 Å². The molecule has 1 saturated heterocycles.